The van der Waals surface area contributed by atoms with Gasteiger partial charge in [-0.3, -0.25) is 9.97 Å². The molecule has 0 aliphatic heterocycles. The zero-order chi connectivity index (χ0) is 16.9. The van der Waals surface area contributed by atoms with Gasteiger partial charge in [0.1, 0.15) is 5.56 Å². The fourth-order valence-electron chi connectivity index (χ4n) is 2.57. The molecule has 0 atom stereocenters. The number of aromatic nitrogens is 2. The molecule has 0 fully saturated rings. The molecule has 0 amide bonds. The molecule has 0 spiro atoms. The van der Waals surface area contributed by atoms with Crippen molar-refractivity contribution >= 4 is 22.6 Å². The Bertz CT molecular complexity index is 877. The maximum absolute atomic E-state index is 12.3. The van der Waals surface area contributed by atoms with E-state index in [0.29, 0.717) is 18.7 Å². The number of para-hydroxylation sites is 1. The highest BCUT2D eigenvalue weighted by atomic mass is 16.5. The molecule has 0 radical (unpaired) electrons. The van der Waals surface area contributed by atoms with Crippen molar-refractivity contribution < 1.29 is 9.53 Å². The van der Waals surface area contributed by atoms with Gasteiger partial charge in [0, 0.05) is 17.3 Å². The number of rotatable bonds is 5. The summed E-state index contributed by atoms with van der Waals surface area (Å²) >= 11 is 0. The van der Waals surface area contributed by atoms with Crippen molar-refractivity contribution in [3.05, 3.63) is 65.6 Å². The second-order valence-electron chi connectivity index (χ2n) is 5.41. The number of esters is 1. The molecular weight excluding hydrogens is 302 g/mol. The van der Waals surface area contributed by atoms with Gasteiger partial charge >= 0.3 is 5.97 Å². The molecule has 0 aliphatic carbocycles. The van der Waals surface area contributed by atoms with Crippen LogP contribution in [0.1, 0.15) is 28.7 Å². The summed E-state index contributed by atoms with van der Waals surface area (Å²) in [6.45, 7) is 4.58. The normalized spacial score (nSPS) is 10.6. The lowest BCUT2D eigenvalue weighted by atomic mass is 10.1. The predicted octanol–water partition coefficient (Wildman–Crippen LogP) is 3.73. The Morgan fingerprint density at radius 3 is 2.79 bits per heavy atom. The van der Waals surface area contributed by atoms with Gasteiger partial charge in [-0.2, -0.15) is 0 Å². The van der Waals surface area contributed by atoms with Crippen LogP contribution in [0.15, 0.2) is 48.7 Å². The van der Waals surface area contributed by atoms with Gasteiger partial charge in [-0.15, -0.1) is 0 Å². The predicted molar refractivity (Wildman–Crippen MR) is 94.0 cm³/mol. The third-order valence-corrected chi connectivity index (χ3v) is 3.66. The van der Waals surface area contributed by atoms with E-state index in [-0.39, 0.29) is 5.97 Å². The van der Waals surface area contributed by atoms with Gasteiger partial charge in [0.2, 0.25) is 0 Å². The van der Waals surface area contributed by atoms with Crippen LogP contribution in [0.4, 0.5) is 5.69 Å². The Morgan fingerprint density at radius 1 is 1.17 bits per heavy atom. The van der Waals surface area contributed by atoms with Gasteiger partial charge in [-0.1, -0.05) is 24.3 Å². The van der Waals surface area contributed by atoms with Crippen LogP contribution in [-0.2, 0) is 11.3 Å². The van der Waals surface area contributed by atoms with Crippen molar-refractivity contribution in [2.75, 3.05) is 11.9 Å². The summed E-state index contributed by atoms with van der Waals surface area (Å²) < 4.78 is 5.15. The zero-order valence-electron chi connectivity index (χ0n) is 13.7. The summed E-state index contributed by atoms with van der Waals surface area (Å²) in [6.07, 6.45) is 1.56. The van der Waals surface area contributed by atoms with E-state index in [4.69, 9.17) is 4.74 Å². The number of benzene rings is 1. The van der Waals surface area contributed by atoms with Crippen LogP contribution >= 0.6 is 0 Å². The van der Waals surface area contributed by atoms with E-state index < -0.39 is 0 Å². The van der Waals surface area contributed by atoms with Crippen LogP contribution in [0.2, 0.25) is 0 Å². The molecule has 0 saturated carbocycles. The molecule has 0 saturated heterocycles. The highest BCUT2D eigenvalue weighted by Gasteiger charge is 2.16. The van der Waals surface area contributed by atoms with Gasteiger partial charge in [0.25, 0.3) is 0 Å². The first-order valence-corrected chi connectivity index (χ1v) is 7.90. The summed E-state index contributed by atoms with van der Waals surface area (Å²) in [6, 6.07) is 13.6. The quantitative estimate of drug-likeness (QED) is 0.726. The molecule has 5 nitrogen and oxygen atoms in total. The topological polar surface area (TPSA) is 64.1 Å². The molecule has 1 aromatic carbocycles. The van der Waals surface area contributed by atoms with Crippen LogP contribution in [-0.4, -0.2) is 22.5 Å². The highest BCUT2D eigenvalue weighted by Crippen LogP contribution is 2.27. The number of carbonyl (C=O) groups excluding carboxylic acids is 1. The minimum Gasteiger partial charge on any atom is -0.462 e. The van der Waals surface area contributed by atoms with Crippen molar-refractivity contribution in [2.24, 2.45) is 0 Å². The number of hydrogen-bond acceptors (Lipinski definition) is 5. The molecule has 3 rings (SSSR count). The maximum Gasteiger partial charge on any atom is 0.341 e. The number of aryl methyl sites for hydroxylation is 1. The number of pyridine rings is 2. The fourth-order valence-corrected chi connectivity index (χ4v) is 2.57. The van der Waals surface area contributed by atoms with E-state index in [2.05, 4.69) is 15.3 Å². The lowest BCUT2D eigenvalue weighted by molar-refractivity contribution is 0.0527. The molecule has 122 valence electrons. The maximum atomic E-state index is 12.3. The average Bonchev–Trinajstić information content (AvgIpc) is 2.59. The summed E-state index contributed by atoms with van der Waals surface area (Å²) in [4.78, 5) is 21.1. The van der Waals surface area contributed by atoms with E-state index in [1.54, 1.807) is 13.1 Å². The highest BCUT2D eigenvalue weighted by molar-refractivity contribution is 6.04. The third kappa shape index (κ3) is 3.35. The van der Waals surface area contributed by atoms with Gasteiger partial charge < -0.3 is 10.1 Å². The van der Waals surface area contributed by atoms with E-state index in [1.807, 2.05) is 49.4 Å². The molecule has 0 aliphatic rings. The fraction of sp³-hybridized carbons (Fsp3) is 0.211. The lowest BCUT2D eigenvalue weighted by Gasteiger charge is -2.14. The zero-order valence-corrected chi connectivity index (χ0v) is 13.7. The largest absolute Gasteiger partial charge is 0.462 e. The molecule has 0 unspecified atom stereocenters. The number of fused-ring (bicyclic) bond motifs is 1. The second-order valence-corrected chi connectivity index (χ2v) is 5.41. The number of nitrogens with one attached hydrogen (secondary N) is 1. The average molecular weight is 321 g/mol. The van der Waals surface area contributed by atoms with Gasteiger partial charge in [-0.25, -0.2) is 4.79 Å². The number of ether oxygens (including phenoxy) is 1. The first-order valence-electron chi connectivity index (χ1n) is 7.90. The smallest absolute Gasteiger partial charge is 0.341 e. The van der Waals surface area contributed by atoms with Gasteiger partial charge in [0.15, 0.2) is 0 Å². The first-order chi connectivity index (χ1) is 11.7. The number of nitrogens with zero attached hydrogens (tertiary/aromatic N) is 2. The first kappa shape index (κ1) is 15.9. The summed E-state index contributed by atoms with van der Waals surface area (Å²) in [7, 11) is 0. The molecule has 3 aromatic rings. The molecule has 24 heavy (non-hydrogen) atoms. The van der Waals surface area contributed by atoms with E-state index >= 15 is 0 Å². The number of hydrogen-bond donors (Lipinski definition) is 1. The van der Waals surface area contributed by atoms with Gasteiger partial charge in [0.05, 0.1) is 30.0 Å². The van der Waals surface area contributed by atoms with Gasteiger partial charge in [-0.05, 0) is 32.0 Å². The second kappa shape index (κ2) is 7.08. The Kier molecular flexibility index (Phi) is 4.70. The van der Waals surface area contributed by atoms with E-state index in [9.17, 15) is 4.79 Å². The summed E-state index contributed by atoms with van der Waals surface area (Å²) in [5, 5.41) is 4.22. The van der Waals surface area contributed by atoms with Crippen molar-refractivity contribution in [2.45, 2.75) is 20.4 Å². The molecule has 0 bridgehead atoms. The van der Waals surface area contributed by atoms with Crippen LogP contribution in [0.25, 0.3) is 10.9 Å². The molecule has 2 aromatic heterocycles. The molecular formula is C19H19N3O2. The number of carbonyl (C=O) groups is 1. The van der Waals surface area contributed by atoms with Crippen molar-refractivity contribution in [1.82, 2.24) is 9.97 Å². The van der Waals surface area contributed by atoms with Crippen molar-refractivity contribution in [1.29, 1.82) is 0 Å². The third-order valence-electron chi connectivity index (χ3n) is 3.66. The molecule has 5 heteroatoms. The molecule has 1 N–H and O–H groups in total. The number of anilines is 1. The van der Waals surface area contributed by atoms with Crippen LogP contribution in [0, 0.1) is 6.92 Å². The Morgan fingerprint density at radius 2 is 2.00 bits per heavy atom. The van der Waals surface area contributed by atoms with E-state index in [1.165, 1.54) is 0 Å². The lowest BCUT2D eigenvalue weighted by Crippen LogP contribution is -2.11. The minimum absolute atomic E-state index is 0.324. The Labute approximate surface area is 140 Å². The standard InChI is InChI=1S/C19H19N3O2/c1-3-24-19(23)16-12-20-17-10-5-4-9-15(17)18(16)21-11-14-8-6-7-13(2)22-14/h4-10,12H,3,11H2,1-2H3,(H,20,21). The monoisotopic (exact) mass is 321 g/mol. The summed E-state index contributed by atoms with van der Waals surface area (Å²) in [5.74, 6) is -0.379. The SMILES string of the molecule is CCOC(=O)c1cnc2ccccc2c1NCc1cccc(C)n1. The van der Waals surface area contributed by atoms with Crippen LogP contribution in [0.5, 0.6) is 0 Å². The Balaban J connectivity index is 1.99. The molecule has 2 heterocycles. The van der Waals surface area contributed by atoms with Crippen molar-refractivity contribution in [3.8, 4) is 0 Å². The van der Waals surface area contributed by atoms with Crippen LogP contribution < -0.4 is 5.32 Å². The Hall–Kier alpha value is -2.95. The summed E-state index contributed by atoms with van der Waals surface area (Å²) in [5.41, 5.74) is 3.85. The van der Waals surface area contributed by atoms with Crippen molar-refractivity contribution in [3.63, 3.8) is 0 Å². The minimum atomic E-state index is -0.379. The van der Waals surface area contributed by atoms with Crippen LogP contribution in [0.3, 0.4) is 0 Å². The van der Waals surface area contributed by atoms with E-state index in [0.717, 1.165) is 28.0 Å².